The fourth-order valence-corrected chi connectivity index (χ4v) is 4.46. The van der Waals surface area contributed by atoms with Gasteiger partial charge in [-0.3, -0.25) is 15.0 Å². The maximum atomic E-state index is 13.0. The average Bonchev–Trinajstić information content (AvgIpc) is 2.74. The molecule has 3 heterocycles. The Labute approximate surface area is 168 Å². The van der Waals surface area contributed by atoms with Crippen LogP contribution in [0.3, 0.4) is 0 Å². The highest BCUT2D eigenvalue weighted by atomic mass is 16.2. The second-order valence-electron chi connectivity index (χ2n) is 7.80. The largest absolute Gasteiger partial charge is 0.326 e. The number of hydrazine groups is 1. The number of carbonyl (C=O) groups excluding carboxylic acids is 2. The van der Waals surface area contributed by atoms with Gasteiger partial charge in [-0.05, 0) is 24.0 Å². The van der Waals surface area contributed by atoms with Crippen molar-refractivity contribution in [2.75, 3.05) is 13.1 Å². The molecule has 2 aliphatic rings. The molecule has 8 heteroatoms. The number of nitrogens with one attached hydrogen (secondary N) is 2. The minimum atomic E-state index is -0.758. The summed E-state index contributed by atoms with van der Waals surface area (Å²) in [6.45, 7) is 1.70. The number of pyridine rings is 1. The lowest BCUT2D eigenvalue weighted by Gasteiger charge is -2.42. The van der Waals surface area contributed by atoms with E-state index >= 15 is 0 Å². The first kappa shape index (κ1) is 19.2. The summed E-state index contributed by atoms with van der Waals surface area (Å²) in [5, 5.41) is 2.84. The first-order valence-corrected chi connectivity index (χ1v) is 9.84. The molecule has 1 aromatic heterocycles. The summed E-state index contributed by atoms with van der Waals surface area (Å²) >= 11 is 0. The van der Waals surface area contributed by atoms with Crippen LogP contribution in [0.5, 0.6) is 0 Å². The monoisotopic (exact) mass is 395 g/mol. The van der Waals surface area contributed by atoms with Crippen molar-refractivity contribution in [3.8, 4) is 0 Å². The fourth-order valence-electron chi connectivity index (χ4n) is 4.46. The molecule has 1 saturated heterocycles. The van der Waals surface area contributed by atoms with Gasteiger partial charge in [0.1, 0.15) is 6.04 Å². The summed E-state index contributed by atoms with van der Waals surface area (Å²) < 4.78 is 1.83. The fraction of sp³-hybridized carbons (Fsp3) is 0.381. The molecule has 1 aromatic carbocycles. The highest BCUT2D eigenvalue weighted by Crippen LogP contribution is 2.34. The number of hydrogen-bond acceptors (Lipinski definition) is 4. The molecular formula is C21H25N5O3. The Bertz CT molecular complexity index is 958. The Morgan fingerprint density at radius 2 is 1.86 bits per heavy atom. The number of piperidine rings is 1. The van der Waals surface area contributed by atoms with Crippen molar-refractivity contribution in [2.45, 2.75) is 31.3 Å². The van der Waals surface area contributed by atoms with Gasteiger partial charge >= 0.3 is 6.03 Å². The number of hydrogen-bond donors (Lipinski definition) is 3. The Balaban J connectivity index is 1.48. The Kier molecular flexibility index (Phi) is 5.35. The molecular weight excluding hydrogens is 370 g/mol. The summed E-state index contributed by atoms with van der Waals surface area (Å²) in [4.78, 5) is 39.1. The summed E-state index contributed by atoms with van der Waals surface area (Å²) in [6, 6.07) is 13.8. The van der Waals surface area contributed by atoms with Crippen molar-refractivity contribution in [3.63, 3.8) is 0 Å². The van der Waals surface area contributed by atoms with E-state index in [1.54, 1.807) is 17.0 Å². The number of urea groups is 1. The molecule has 29 heavy (non-hydrogen) atoms. The number of aromatic nitrogens is 1. The molecule has 0 saturated carbocycles. The van der Waals surface area contributed by atoms with E-state index in [9.17, 15) is 14.4 Å². The van der Waals surface area contributed by atoms with Gasteiger partial charge in [0.2, 0.25) is 0 Å². The van der Waals surface area contributed by atoms with E-state index in [2.05, 4.69) is 10.7 Å². The van der Waals surface area contributed by atoms with Crippen molar-refractivity contribution in [1.82, 2.24) is 20.2 Å². The van der Waals surface area contributed by atoms with E-state index < -0.39 is 11.9 Å². The van der Waals surface area contributed by atoms with Crippen LogP contribution in [0.25, 0.3) is 0 Å². The Morgan fingerprint density at radius 1 is 1.07 bits per heavy atom. The third-order valence-electron chi connectivity index (χ3n) is 5.81. The molecule has 8 nitrogen and oxygen atoms in total. The lowest BCUT2D eigenvalue weighted by Crippen LogP contribution is -2.57. The molecule has 0 spiro atoms. The van der Waals surface area contributed by atoms with Crippen LogP contribution in [0, 0.1) is 5.92 Å². The maximum Gasteiger partial charge on any atom is 0.318 e. The predicted octanol–water partition coefficient (Wildman–Crippen LogP) is 0.578. The number of nitrogens with zero attached hydrogens (tertiary/aromatic N) is 2. The topological polar surface area (TPSA) is 109 Å². The second kappa shape index (κ2) is 8.08. The zero-order valence-corrected chi connectivity index (χ0v) is 16.1. The van der Waals surface area contributed by atoms with Crippen molar-refractivity contribution in [3.05, 3.63) is 70.1 Å². The van der Waals surface area contributed by atoms with Gasteiger partial charge in [-0.15, -0.1) is 0 Å². The number of fused-ring (bicyclic) bond motifs is 4. The molecule has 4 N–H and O–H groups in total. The number of benzene rings is 1. The quantitative estimate of drug-likeness (QED) is 0.400. The van der Waals surface area contributed by atoms with E-state index in [1.165, 1.54) is 0 Å². The van der Waals surface area contributed by atoms with Crippen LogP contribution in [-0.4, -0.2) is 40.5 Å². The molecule has 4 rings (SSSR count). The van der Waals surface area contributed by atoms with Crippen LogP contribution >= 0.6 is 0 Å². The molecule has 1 fully saturated rings. The predicted molar refractivity (Wildman–Crippen MR) is 108 cm³/mol. The van der Waals surface area contributed by atoms with Crippen molar-refractivity contribution in [1.29, 1.82) is 0 Å². The van der Waals surface area contributed by atoms with Crippen LogP contribution in [0.1, 0.15) is 23.6 Å². The van der Waals surface area contributed by atoms with Gasteiger partial charge in [0.05, 0.1) is 0 Å². The van der Waals surface area contributed by atoms with Crippen LogP contribution in [-0.2, 0) is 17.8 Å². The second-order valence-corrected chi connectivity index (χ2v) is 7.80. The summed E-state index contributed by atoms with van der Waals surface area (Å²) in [6.07, 6.45) is 1.32. The molecule has 2 unspecified atom stereocenters. The number of nitrogens with two attached hydrogens (primary N) is 1. The molecule has 3 amide bonds. The highest BCUT2D eigenvalue weighted by molar-refractivity contribution is 5.87. The van der Waals surface area contributed by atoms with Gasteiger partial charge in [-0.1, -0.05) is 36.4 Å². The lowest BCUT2D eigenvalue weighted by atomic mass is 9.83. The molecule has 3 atom stereocenters. The molecule has 2 bridgehead atoms. The lowest BCUT2D eigenvalue weighted by molar-refractivity contribution is -0.123. The van der Waals surface area contributed by atoms with Crippen molar-refractivity contribution in [2.24, 2.45) is 11.8 Å². The van der Waals surface area contributed by atoms with E-state index in [0.717, 1.165) is 17.7 Å². The zero-order chi connectivity index (χ0) is 20.4. The third-order valence-corrected chi connectivity index (χ3v) is 5.81. The van der Waals surface area contributed by atoms with Gasteiger partial charge in [0, 0.05) is 43.7 Å². The summed E-state index contributed by atoms with van der Waals surface area (Å²) in [7, 11) is 0. The van der Waals surface area contributed by atoms with Gasteiger partial charge in [-0.2, -0.15) is 0 Å². The van der Waals surface area contributed by atoms with Crippen LogP contribution < -0.4 is 22.1 Å². The van der Waals surface area contributed by atoms with E-state index in [4.69, 9.17) is 5.84 Å². The third kappa shape index (κ3) is 4.02. The smallest absolute Gasteiger partial charge is 0.318 e. The van der Waals surface area contributed by atoms with Crippen molar-refractivity contribution >= 4 is 11.9 Å². The first-order valence-electron chi connectivity index (χ1n) is 9.84. The normalized spacial score (nSPS) is 21.1. The first-order chi connectivity index (χ1) is 14.0. The van der Waals surface area contributed by atoms with Gasteiger partial charge in [0.15, 0.2) is 0 Å². The highest BCUT2D eigenvalue weighted by Gasteiger charge is 2.37. The van der Waals surface area contributed by atoms with Crippen molar-refractivity contribution < 1.29 is 9.59 Å². The Morgan fingerprint density at radius 3 is 2.62 bits per heavy atom. The summed E-state index contributed by atoms with van der Waals surface area (Å²) in [5.74, 6) is 5.24. The van der Waals surface area contributed by atoms with E-state index in [0.29, 0.717) is 26.1 Å². The number of rotatable bonds is 4. The molecule has 0 radical (unpaired) electrons. The SMILES string of the molecule is NNC(=O)[C@H](Cc1ccccc1)NC(=O)N1CC2CC(C1)c1cccc(=O)n1C2. The number of amides is 3. The van der Waals surface area contributed by atoms with Gasteiger partial charge in [-0.25, -0.2) is 10.6 Å². The Hall–Kier alpha value is -3.13. The number of carbonyl (C=O) groups is 2. The van der Waals surface area contributed by atoms with Crippen LogP contribution in [0.15, 0.2) is 53.3 Å². The van der Waals surface area contributed by atoms with Crippen LogP contribution in [0.4, 0.5) is 4.79 Å². The van der Waals surface area contributed by atoms with Gasteiger partial charge < -0.3 is 14.8 Å². The molecule has 2 aromatic rings. The number of likely N-dealkylation sites (tertiary alicyclic amines) is 1. The van der Waals surface area contributed by atoms with E-state index in [-0.39, 0.29) is 23.4 Å². The molecule has 0 aliphatic carbocycles. The maximum absolute atomic E-state index is 13.0. The standard InChI is InChI=1S/C21H25N5O3/c22-24-20(28)17(10-14-5-2-1-3-6-14)23-21(29)25-11-15-9-16(13-25)18-7-4-8-19(27)26(18)12-15/h1-8,15-17H,9-13,22H2,(H,23,29)(H,24,28)/t15?,16?,17-/m0/s1. The van der Waals surface area contributed by atoms with E-state index in [1.807, 2.05) is 41.0 Å². The average molecular weight is 395 g/mol. The van der Waals surface area contributed by atoms with Crippen LogP contribution in [0.2, 0.25) is 0 Å². The zero-order valence-electron chi connectivity index (χ0n) is 16.1. The molecule has 2 aliphatic heterocycles. The molecule has 152 valence electrons. The van der Waals surface area contributed by atoms with Gasteiger partial charge in [0.25, 0.3) is 11.5 Å². The minimum Gasteiger partial charge on any atom is -0.326 e. The summed E-state index contributed by atoms with van der Waals surface area (Å²) in [5.41, 5.74) is 4.07. The minimum absolute atomic E-state index is 0.0117.